The summed E-state index contributed by atoms with van der Waals surface area (Å²) in [5.74, 6) is 1.41. The van der Waals surface area contributed by atoms with Crippen molar-refractivity contribution in [3.05, 3.63) is 17.5 Å². The molecule has 1 saturated carbocycles. The van der Waals surface area contributed by atoms with Gasteiger partial charge in [-0.05, 0) is 63.6 Å². The summed E-state index contributed by atoms with van der Waals surface area (Å²) in [7, 11) is 1.76. The second kappa shape index (κ2) is 8.83. The van der Waals surface area contributed by atoms with Crippen LogP contribution in [0.25, 0.3) is 0 Å². The van der Waals surface area contributed by atoms with Gasteiger partial charge >= 0.3 is 0 Å². The minimum absolute atomic E-state index is 0.0650. The fourth-order valence-electron chi connectivity index (χ4n) is 4.43. The standard InChI is InChI=1S/C21H33N5O3/c1-15-9-19(24(2)23-15)21(28)22-10-18-13-26(20(27)14-29-18)12-17-5-7-25(8-6-17)11-16-3-4-16/h9,16-18H,3-8,10-14H2,1-2H3,(H,22,28)/t18-/m0/s1. The molecule has 160 valence electrons. The Bertz CT molecular complexity index is 737. The number of morpholine rings is 1. The molecule has 0 unspecified atom stereocenters. The number of nitrogens with zero attached hydrogens (tertiary/aromatic N) is 4. The highest BCUT2D eigenvalue weighted by atomic mass is 16.5. The van der Waals surface area contributed by atoms with Crippen LogP contribution in [0.1, 0.15) is 41.9 Å². The number of amides is 2. The van der Waals surface area contributed by atoms with E-state index in [-0.39, 0.29) is 24.5 Å². The predicted octanol–water partition coefficient (Wildman–Crippen LogP) is 0.808. The van der Waals surface area contributed by atoms with Crippen LogP contribution in [-0.4, -0.2) is 83.4 Å². The summed E-state index contributed by atoms with van der Waals surface area (Å²) >= 11 is 0. The molecule has 0 aromatic carbocycles. The van der Waals surface area contributed by atoms with E-state index in [1.165, 1.54) is 32.2 Å². The van der Waals surface area contributed by atoms with Crippen LogP contribution in [0.15, 0.2) is 6.07 Å². The molecule has 1 aromatic heterocycles. The second-order valence-electron chi connectivity index (χ2n) is 8.92. The molecule has 0 spiro atoms. The molecule has 3 aliphatic rings. The molecule has 3 heterocycles. The Balaban J connectivity index is 1.22. The van der Waals surface area contributed by atoms with E-state index >= 15 is 0 Å². The maximum absolute atomic E-state index is 12.4. The number of likely N-dealkylation sites (tertiary alicyclic amines) is 1. The summed E-state index contributed by atoms with van der Waals surface area (Å²) < 4.78 is 7.24. The molecule has 1 N–H and O–H groups in total. The monoisotopic (exact) mass is 403 g/mol. The third kappa shape index (κ3) is 5.36. The zero-order valence-corrected chi connectivity index (χ0v) is 17.6. The fourth-order valence-corrected chi connectivity index (χ4v) is 4.43. The average molecular weight is 404 g/mol. The molecule has 4 rings (SSSR count). The lowest BCUT2D eigenvalue weighted by Gasteiger charge is -2.38. The van der Waals surface area contributed by atoms with Crippen LogP contribution in [0, 0.1) is 18.8 Å². The minimum Gasteiger partial charge on any atom is -0.365 e. The van der Waals surface area contributed by atoms with Crippen molar-refractivity contribution in [2.24, 2.45) is 18.9 Å². The Kier molecular flexibility index (Phi) is 6.20. The molecule has 0 radical (unpaired) electrons. The van der Waals surface area contributed by atoms with Crippen molar-refractivity contribution >= 4 is 11.8 Å². The summed E-state index contributed by atoms with van der Waals surface area (Å²) in [6.07, 6.45) is 4.97. The number of piperidine rings is 1. The largest absolute Gasteiger partial charge is 0.365 e. The number of aryl methyl sites for hydroxylation is 2. The van der Waals surface area contributed by atoms with Crippen LogP contribution in [0.2, 0.25) is 0 Å². The molecule has 1 atom stereocenters. The van der Waals surface area contributed by atoms with Crippen molar-refractivity contribution in [3.8, 4) is 0 Å². The molecule has 2 saturated heterocycles. The van der Waals surface area contributed by atoms with E-state index in [1.54, 1.807) is 17.8 Å². The first-order chi connectivity index (χ1) is 14.0. The van der Waals surface area contributed by atoms with Crippen molar-refractivity contribution < 1.29 is 14.3 Å². The van der Waals surface area contributed by atoms with E-state index in [0.717, 1.165) is 31.2 Å². The van der Waals surface area contributed by atoms with Crippen LogP contribution < -0.4 is 5.32 Å². The van der Waals surface area contributed by atoms with Gasteiger partial charge in [-0.2, -0.15) is 5.10 Å². The van der Waals surface area contributed by atoms with Gasteiger partial charge in [-0.25, -0.2) is 0 Å². The maximum atomic E-state index is 12.4. The van der Waals surface area contributed by atoms with Gasteiger partial charge in [-0.1, -0.05) is 0 Å². The van der Waals surface area contributed by atoms with Crippen molar-refractivity contribution in [3.63, 3.8) is 0 Å². The van der Waals surface area contributed by atoms with Crippen molar-refractivity contribution in [2.45, 2.75) is 38.7 Å². The first kappa shape index (κ1) is 20.3. The van der Waals surface area contributed by atoms with Crippen molar-refractivity contribution in [1.82, 2.24) is 24.9 Å². The summed E-state index contributed by atoms with van der Waals surface area (Å²) in [5, 5.41) is 7.13. The quantitative estimate of drug-likeness (QED) is 0.729. The number of rotatable bonds is 7. The van der Waals surface area contributed by atoms with E-state index < -0.39 is 0 Å². The first-order valence-corrected chi connectivity index (χ1v) is 10.9. The smallest absolute Gasteiger partial charge is 0.269 e. The van der Waals surface area contributed by atoms with Crippen molar-refractivity contribution in [2.75, 3.05) is 45.9 Å². The Morgan fingerprint density at radius 2 is 1.93 bits per heavy atom. The Morgan fingerprint density at radius 3 is 2.59 bits per heavy atom. The van der Waals surface area contributed by atoms with Gasteiger partial charge in [-0.15, -0.1) is 0 Å². The third-order valence-electron chi connectivity index (χ3n) is 6.34. The maximum Gasteiger partial charge on any atom is 0.269 e. The third-order valence-corrected chi connectivity index (χ3v) is 6.34. The van der Waals surface area contributed by atoms with Gasteiger partial charge in [0.15, 0.2) is 0 Å². The summed E-state index contributed by atoms with van der Waals surface area (Å²) in [5.41, 5.74) is 1.34. The Morgan fingerprint density at radius 1 is 1.21 bits per heavy atom. The number of carbonyl (C=O) groups excluding carboxylic acids is 2. The van der Waals surface area contributed by atoms with Crippen LogP contribution in [0.3, 0.4) is 0 Å². The molecular formula is C21H33N5O3. The number of hydrogen-bond acceptors (Lipinski definition) is 5. The van der Waals surface area contributed by atoms with Gasteiger partial charge in [0, 0.05) is 33.2 Å². The van der Waals surface area contributed by atoms with Gasteiger partial charge < -0.3 is 19.9 Å². The topological polar surface area (TPSA) is 79.7 Å². The first-order valence-electron chi connectivity index (χ1n) is 10.9. The zero-order valence-electron chi connectivity index (χ0n) is 17.6. The number of aromatic nitrogens is 2. The lowest BCUT2D eigenvalue weighted by molar-refractivity contribution is -0.149. The van der Waals surface area contributed by atoms with E-state index in [9.17, 15) is 9.59 Å². The number of nitrogens with one attached hydrogen (secondary N) is 1. The van der Waals surface area contributed by atoms with Gasteiger partial charge in [0.25, 0.3) is 5.91 Å². The van der Waals surface area contributed by atoms with Crippen molar-refractivity contribution in [1.29, 1.82) is 0 Å². The second-order valence-corrected chi connectivity index (χ2v) is 8.92. The molecule has 3 fully saturated rings. The van der Waals surface area contributed by atoms with E-state index in [2.05, 4.69) is 15.3 Å². The summed E-state index contributed by atoms with van der Waals surface area (Å²) in [6, 6.07) is 1.77. The van der Waals surface area contributed by atoms with Gasteiger partial charge in [-0.3, -0.25) is 14.3 Å². The predicted molar refractivity (Wildman–Crippen MR) is 108 cm³/mol. The molecule has 2 aliphatic heterocycles. The zero-order chi connectivity index (χ0) is 20.4. The highest BCUT2D eigenvalue weighted by Gasteiger charge is 2.31. The Hall–Kier alpha value is -1.93. The van der Waals surface area contributed by atoms with Crippen LogP contribution >= 0.6 is 0 Å². The molecular weight excluding hydrogens is 370 g/mol. The average Bonchev–Trinajstić information content (AvgIpc) is 3.45. The SMILES string of the molecule is Cc1cc(C(=O)NC[C@H]2CN(CC3CCN(CC4CC4)CC3)C(=O)CO2)n(C)n1. The van der Waals surface area contributed by atoms with Crippen LogP contribution in [0.4, 0.5) is 0 Å². The molecule has 8 heteroatoms. The normalized spacial score (nSPS) is 24.1. The van der Waals surface area contributed by atoms with Crippen LogP contribution in [-0.2, 0) is 16.6 Å². The van der Waals surface area contributed by atoms with E-state index in [1.807, 2.05) is 11.8 Å². The molecule has 29 heavy (non-hydrogen) atoms. The number of ether oxygens (including phenoxy) is 1. The minimum atomic E-state index is -0.166. The number of carbonyl (C=O) groups is 2. The summed E-state index contributed by atoms with van der Waals surface area (Å²) in [6.45, 7) is 7.30. The highest BCUT2D eigenvalue weighted by Crippen LogP contribution is 2.31. The van der Waals surface area contributed by atoms with Gasteiger partial charge in [0.2, 0.25) is 5.91 Å². The lowest BCUT2D eigenvalue weighted by atomic mass is 9.95. The summed E-state index contributed by atoms with van der Waals surface area (Å²) in [4.78, 5) is 29.2. The van der Waals surface area contributed by atoms with Gasteiger partial charge in [0.1, 0.15) is 12.3 Å². The van der Waals surface area contributed by atoms with E-state index in [0.29, 0.717) is 24.7 Å². The molecule has 8 nitrogen and oxygen atoms in total. The number of hydrogen-bond donors (Lipinski definition) is 1. The van der Waals surface area contributed by atoms with Crippen LogP contribution in [0.5, 0.6) is 0 Å². The highest BCUT2D eigenvalue weighted by molar-refractivity contribution is 5.92. The fraction of sp³-hybridized carbons (Fsp3) is 0.762. The lowest BCUT2D eigenvalue weighted by Crippen LogP contribution is -2.52. The molecule has 1 aliphatic carbocycles. The Labute approximate surface area is 172 Å². The van der Waals surface area contributed by atoms with E-state index in [4.69, 9.17) is 4.74 Å². The molecule has 2 amide bonds. The van der Waals surface area contributed by atoms with Gasteiger partial charge in [0.05, 0.1) is 11.8 Å². The molecule has 1 aromatic rings. The molecule has 0 bridgehead atoms.